The average Bonchev–Trinajstić information content (AvgIpc) is 2.71. The number of nitrogens with zero attached hydrogens (tertiary/aromatic N) is 2. The van der Waals surface area contributed by atoms with E-state index in [1.165, 1.54) is 5.56 Å². The molecular formula is C23H19N3. The molecule has 0 radical (unpaired) electrons. The van der Waals surface area contributed by atoms with Crippen LogP contribution in [0.3, 0.4) is 0 Å². The van der Waals surface area contributed by atoms with Crippen molar-refractivity contribution in [2.75, 3.05) is 5.32 Å². The summed E-state index contributed by atoms with van der Waals surface area (Å²) in [6.45, 7) is 2.07. The zero-order valence-electron chi connectivity index (χ0n) is 14.6. The molecule has 0 spiro atoms. The molecule has 0 atom stereocenters. The smallest absolute Gasteiger partial charge is 0.228 e. The maximum absolute atomic E-state index is 4.72. The van der Waals surface area contributed by atoms with E-state index < -0.39 is 0 Å². The van der Waals surface area contributed by atoms with E-state index in [0.717, 1.165) is 28.2 Å². The summed E-state index contributed by atoms with van der Waals surface area (Å²) in [4.78, 5) is 9.45. The molecule has 1 aromatic heterocycles. The van der Waals surface area contributed by atoms with Crippen LogP contribution in [0.2, 0.25) is 0 Å². The largest absolute Gasteiger partial charge is 0.324 e. The van der Waals surface area contributed by atoms with Gasteiger partial charge in [0.05, 0.1) is 11.4 Å². The van der Waals surface area contributed by atoms with Gasteiger partial charge in [-0.25, -0.2) is 9.97 Å². The molecule has 126 valence electrons. The van der Waals surface area contributed by atoms with Gasteiger partial charge in [-0.15, -0.1) is 0 Å². The zero-order chi connectivity index (χ0) is 17.8. The average molecular weight is 337 g/mol. The molecule has 0 aliphatic rings. The first-order valence-corrected chi connectivity index (χ1v) is 8.61. The molecule has 4 aromatic rings. The second-order valence-electron chi connectivity index (χ2n) is 6.19. The van der Waals surface area contributed by atoms with E-state index in [0.29, 0.717) is 5.95 Å². The molecule has 0 saturated heterocycles. The summed E-state index contributed by atoms with van der Waals surface area (Å²) in [5.41, 5.74) is 6.13. The van der Waals surface area contributed by atoms with Crippen LogP contribution in [0.15, 0.2) is 91.0 Å². The highest BCUT2D eigenvalue weighted by Gasteiger charge is 2.09. The third-order valence-electron chi connectivity index (χ3n) is 4.17. The molecule has 4 rings (SSSR count). The Morgan fingerprint density at radius 2 is 1.12 bits per heavy atom. The van der Waals surface area contributed by atoms with Crippen molar-refractivity contribution in [1.82, 2.24) is 9.97 Å². The molecule has 0 unspecified atom stereocenters. The number of aryl methyl sites for hydroxylation is 1. The van der Waals surface area contributed by atoms with E-state index in [4.69, 9.17) is 9.97 Å². The quantitative estimate of drug-likeness (QED) is 0.506. The summed E-state index contributed by atoms with van der Waals surface area (Å²) in [5.74, 6) is 0.592. The van der Waals surface area contributed by atoms with Crippen molar-refractivity contribution in [2.24, 2.45) is 0 Å². The van der Waals surface area contributed by atoms with Crippen LogP contribution in [0, 0.1) is 6.92 Å². The minimum atomic E-state index is 0.592. The maximum Gasteiger partial charge on any atom is 0.228 e. The van der Waals surface area contributed by atoms with Gasteiger partial charge in [0.15, 0.2) is 0 Å². The molecule has 3 nitrogen and oxygen atoms in total. The Hall–Kier alpha value is -3.46. The lowest BCUT2D eigenvalue weighted by atomic mass is 10.1. The Labute approximate surface area is 153 Å². The van der Waals surface area contributed by atoms with Crippen molar-refractivity contribution in [3.05, 3.63) is 96.6 Å². The topological polar surface area (TPSA) is 37.8 Å². The van der Waals surface area contributed by atoms with Crippen molar-refractivity contribution in [3.8, 4) is 22.5 Å². The first kappa shape index (κ1) is 16.0. The summed E-state index contributed by atoms with van der Waals surface area (Å²) in [5, 5.41) is 3.33. The molecular weight excluding hydrogens is 318 g/mol. The number of rotatable bonds is 4. The van der Waals surface area contributed by atoms with E-state index in [9.17, 15) is 0 Å². The molecule has 0 amide bonds. The number of anilines is 2. The van der Waals surface area contributed by atoms with E-state index in [-0.39, 0.29) is 0 Å². The van der Waals surface area contributed by atoms with E-state index in [1.54, 1.807) is 0 Å². The Bertz CT molecular complexity index is 937. The predicted octanol–water partition coefficient (Wildman–Crippen LogP) is 5.86. The lowest BCUT2D eigenvalue weighted by molar-refractivity contribution is 1.17. The fraction of sp³-hybridized carbons (Fsp3) is 0.0435. The van der Waals surface area contributed by atoms with Crippen LogP contribution in [0.4, 0.5) is 11.6 Å². The third-order valence-corrected chi connectivity index (χ3v) is 4.17. The lowest BCUT2D eigenvalue weighted by Gasteiger charge is -2.10. The van der Waals surface area contributed by atoms with Gasteiger partial charge in [-0.2, -0.15) is 0 Å². The number of hydrogen-bond donors (Lipinski definition) is 1. The lowest BCUT2D eigenvalue weighted by Crippen LogP contribution is -2.00. The van der Waals surface area contributed by atoms with Gasteiger partial charge >= 0.3 is 0 Å². The molecule has 26 heavy (non-hydrogen) atoms. The van der Waals surface area contributed by atoms with Gasteiger partial charge in [0, 0.05) is 16.8 Å². The van der Waals surface area contributed by atoms with Crippen LogP contribution < -0.4 is 5.32 Å². The van der Waals surface area contributed by atoms with Crippen LogP contribution in [0.5, 0.6) is 0 Å². The fourth-order valence-electron chi connectivity index (χ4n) is 2.78. The van der Waals surface area contributed by atoms with Crippen molar-refractivity contribution in [1.29, 1.82) is 0 Å². The van der Waals surface area contributed by atoms with Gasteiger partial charge in [-0.1, -0.05) is 78.4 Å². The Balaban J connectivity index is 1.78. The zero-order valence-corrected chi connectivity index (χ0v) is 14.6. The summed E-state index contributed by atoms with van der Waals surface area (Å²) in [6, 6.07) is 30.6. The van der Waals surface area contributed by atoms with Crippen LogP contribution >= 0.6 is 0 Å². The molecule has 0 fully saturated rings. The molecule has 1 heterocycles. The monoisotopic (exact) mass is 337 g/mol. The summed E-state index contributed by atoms with van der Waals surface area (Å²) >= 11 is 0. The second-order valence-corrected chi connectivity index (χ2v) is 6.19. The Morgan fingerprint density at radius 1 is 0.615 bits per heavy atom. The van der Waals surface area contributed by atoms with Gasteiger partial charge in [-0.3, -0.25) is 0 Å². The summed E-state index contributed by atoms with van der Waals surface area (Å²) < 4.78 is 0. The van der Waals surface area contributed by atoms with Gasteiger partial charge in [0.25, 0.3) is 0 Å². The Kier molecular flexibility index (Phi) is 4.44. The van der Waals surface area contributed by atoms with Crippen LogP contribution in [0.25, 0.3) is 22.5 Å². The first-order valence-electron chi connectivity index (χ1n) is 8.61. The van der Waals surface area contributed by atoms with Crippen molar-refractivity contribution in [3.63, 3.8) is 0 Å². The van der Waals surface area contributed by atoms with Crippen LogP contribution in [0.1, 0.15) is 5.56 Å². The van der Waals surface area contributed by atoms with Crippen molar-refractivity contribution >= 4 is 11.6 Å². The molecule has 0 bridgehead atoms. The van der Waals surface area contributed by atoms with E-state index >= 15 is 0 Å². The van der Waals surface area contributed by atoms with Crippen LogP contribution in [-0.4, -0.2) is 9.97 Å². The normalized spacial score (nSPS) is 10.5. The second kappa shape index (κ2) is 7.19. The SMILES string of the molecule is Cc1ccc(Nc2nc(-c3ccccc3)cc(-c3ccccc3)n2)cc1. The van der Waals surface area contributed by atoms with E-state index in [1.807, 2.05) is 54.6 Å². The predicted molar refractivity (Wildman–Crippen MR) is 107 cm³/mol. The van der Waals surface area contributed by atoms with Gasteiger partial charge < -0.3 is 5.32 Å². The number of benzene rings is 3. The van der Waals surface area contributed by atoms with Crippen LogP contribution in [-0.2, 0) is 0 Å². The van der Waals surface area contributed by atoms with Gasteiger partial charge in [0.2, 0.25) is 5.95 Å². The highest BCUT2D eigenvalue weighted by Crippen LogP contribution is 2.26. The number of aromatic nitrogens is 2. The third kappa shape index (κ3) is 3.62. The summed E-state index contributed by atoms with van der Waals surface area (Å²) in [7, 11) is 0. The standard InChI is InChI=1S/C23H19N3/c1-17-12-14-20(15-13-17)24-23-25-21(18-8-4-2-5-9-18)16-22(26-23)19-10-6-3-7-11-19/h2-16H,1H3,(H,24,25,26). The minimum absolute atomic E-state index is 0.592. The number of hydrogen-bond acceptors (Lipinski definition) is 3. The molecule has 0 aliphatic heterocycles. The molecule has 3 aromatic carbocycles. The highest BCUT2D eigenvalue weighted by atomic mass is 15.1. The molecule has 3 heteroatoms. The molecule has 1 N–H and O–H groups in total. The summed E-state index contributed by atoms with van der Waals surface area (Å²) in [6.07, 6.45) is 0. The number of nitrogens with one attached hydrogen (secondary N) is 1. The maximum atomic E-state index is 4.72. The highest BCUT2D eigenvalue weighted by molar-refractivity contribution is 5.70. The minimum Gasteiger partial charge on any atom is -0.324 e. The van der Waals surface area contributed by atoms with Gasteiger partial charge in [-0.05, 0) is 25.1 Å². The Morgan fingerprint density at radius 3 is 1.62 bits per heavy atom. The molecule has 0 saturated carbocycles. The van der Waals surface area contributed by atoms with Crippen molar-refractivity contribution in [2.45, 2.75) is 6.92 Å². The van der Waals surface area contributed by atoms with Gasteiger partial charge in [0.1, 0.15) is 0 Å². The fourth-order valence-corrected chi connectivity index (χ4v) is 2.78. The van der Waals surface area contributed by atoms with E-state index in [2.05, 4.69) is 48.6 Å². The van der Waals surface area contributed by atoms with Crippen molar-refractivity contribution < 1.29 is 0 Å². The molecule has 0 aliphatic carbocycles. The first-order chi connectivity index (χ1) is 12.8.